The molecule has 0 fully saturated rings. The monoisotopic (exact) mass is 127 g/mol. The Morgan fingerprint density at radius 2 is 2.44 bits per heavy atom. The van der Waals surface area contributed by atoms with Gasteiger partial charge in [0, 0.05) is 19.5 Å². The highest BCUT2D eigenvalue weighted by Crippen LogP contribution is 2.08. The van der Waals surface area contributed by atoms with Gasteiger partial charge in [0.15, 0.2) is 0 Å². The van der Waals surface area contributed by atoms with Crippen LogP contribution in [0.15, 0.2) is 11.8 Å². The minimum Gasteiger partial charge on any atom is -0.501 e. The van der Waals surface area contributed by atoms with E-state index in [1.165, 1.54) is 0 Å². The fourth-order valence-electron chi connectivity index (χ4n) is 0.937. The van der Waals surface area contributed by atoms with Crippen LogP contribution in [0.25, 0.3) is 0 Å². The SMILES string of the molecule is COC1=CCN(C)CC1. The molecule has 0 aliphatic carbocycles. The predicted octanol–water partition coefficient (Wildman–Crippen LogP) is 0.852. The highest BCUT2D eigenvalue weighted by Gasteiger charge is 2.05. The summed E-state index contributed by atoms with van der Waals surface area (Å²) in [5, 5.41) is 0. The minimum atomic E-state index is 1.03. The van der Waals surface area contributed by atoms with Crippen molar-refractivity contribution in [1.29, 1.82) is 0 Å². The van der Waals surface area contributed by atoms with E-state index in [0.717, 1.165) is 25.3 Å². The Bertz CT molecular complexity index is 120. The van der Waals surface area contributed by atoms with Gasteiger partial charge >= 0.3 is 0 Å². The molecule has 2 nitrogen and oxygen atoms in total. The first-order chi connectivity index (χ1) is 4.33. The van der Waals surface area contributed by atoms with E-state index in [4.69, 9.17) is 4.74 Å². The Balaban J connectivity index is 2.40. The predicted molar refractivity (Wildman–Crippen MR) is 37.2 cm³/mol. The molecule has 1 heterocycles. The molecule has 1 aliphatic heterocycles. The Morgan fingerprint density at radius 3 is 2.89 bits per heavy atom. The van der Waals surface area contributed by atoms with Crippen molar-refractivity contribution in [3.05, 3.63) is 11.8 Å². The summed E-state index contributed by atoms with van der Waals surface area (Å²) in [5.41, 5.74) is 0. The van der Waals surface area contributed by atoms with Gasteiger partial charge < -0.3 is 9.64 Å². The maximum absolute atomic E-state index is 5.07. The maximum atomic E-state index is 5.07. The molecule has 2 heteroatoms. The first kappa shape index (κ1) is 6.62. The quantitative estimate of drug-likeness (QED) is 0.518. The van der Waals surface area contributed by atoms with Crippen molar-refractivity contribution in [1.82, 2.24) is 4.90 Å². The lowest BCUT2D eigenvalue weighted by atomic mass is 10.2. The van der Waals surface area contributed by atoms with Crippen LogP contribution in [0.1, 0.15) is 6.42 Å². The van der Waals surface area contributed by atoms with E-state index >= 15 is 0 Å². The second kappa shape index (κ2) is 2.87. The van der Waals surface area contributed by atoms with Gasteiger partial charge in [0.05, 0.1) is 12.9 Å². The third kappa shape index (κ3) is 1.72. The number of hydrogen-bond acceptors (Lipinski definition) is 2. The molecule has 0 unspecified atom stereocenters. The molecule has 0 aromatic heterocycles. The van der Waals surface area contributed by atoms with E-state index in [9.17, 15) is 0 Å². The maximum Gasteiger partial charge on any atom is 0.0941 e. The van der Waals surface area contributed by atoms with Crippen LogP contribution < -0.4 is 0 Å². The van der Waals surface area contributed by atoms with Gasteiger partial charge in [-0.05, 0) is 13.1 Å². The second-order valence-electron chi connectivity index (χ2n) is 2.39. The number of ether oxygens (including phenoxy) is 1. The molecule has 0 spiro atoms. The zero-order chi connectivity index (χ0) is 6.69. The highest BCUT2D eigenvalue weighted by molar-refractivity contribution is 4.98. The number of likely N-dealkylation sites (N-methyl/N-ethyl adjacent to an activating group) is 1. The highest BCUT2D eigenvalue weighted by atomic mass is 16.5. The van der Waals surface area contributed by atoms with Gasteiger partial charge in [0.1, 0.15) is 0 Å². The Hall–Kier alpha value is -0.500. The van der Waals surface area contributed by atoms with Crippen LogP contribution in [0.3, 0.4) is 0 Å². The van der Waals surface area contributed by atoms with Crippen LogP contribution in [-0.2, 0) is 4.74 Å². The molecule has 52 valence electrons. The summed E-state index contributed by atoms with van der Waals surface area (Å²) < 4.78 is 5.07. The standard InChI is InChI=1S/C7H13NO/c1-8-5-3-7(9-2)4-6-8/h3H,4-6H2,1-2H3. The lowest BCUT2D eigenvalue weighted by Gasteiger charge is -2.20. The molecular formula is C7H13NO. The molecule has 0 N–H and O–H groups in total. The molecule has 0 amide bonds. The van der Waals surface area contributed by atoms with E-state index in [1.807, 2.05) is 0 Å². The van der Waals surface area contributed by atoms with Crippen molar-refractivity contribution in [2.45, 2.75) is 6.42 Å². The van der Waals surface area contributed by atoms with Crippen LogP contribution in [-0.4, -0.2) is 32.1 Å². The molecule has 1 aliphatic rings. The van der Waals surface area contributed by atoms with E-state index < -0.39 is 0 Å². The number of nitrogens with zero attached hydrogens (tertiary/aromatic N) is 1. The van der Waals surface area contributed by atoms with Crippen LogP contribution in [0.5, 0.6) is 0 Å². The van der Waals surface area contributed by atoms with Gasteiger partial charge in [0.2, 0.25) is 0 Å². The molecule has 0 saturated carbocycles. The average molecular weight is 127 g/mol. The second-order valence-corrected chi connectivity index (χ2v) is 2.39. The molecular weight excluding hydrogens is 114 g/mol. The zero-order valence-corrected chi connectivity index (χ0v) is 6.05. The van der Waals surface area contributed by atoms with Crippen LogP contribution in [0, 0.1) is 0 Å². The molecule has 0 aromatic rings. The molecule has 9 heavy (non-hydrogen) atoms. The van der Waals surface area contributed by atoms with Crippen molar-refractivity contribution in [2.24, 2.45) is 0 Å². The van der Waals surface area contributed by atoms with Crippen molar-refractivity contribution in [2.75, 3.05) is 27.2 Å². The molecule has 0 saturated heterocycles. The normalized spacial score (nSPS) is 21.3. The Labute approximate surface area is 56.1 Å². The zero-order valence-electron chi connectivity index (χ0n) is 6.05. The van der Waals surface area contributed by atoms with Crippen LogP contribution in [0.4, 0.5) is 0 Å². The Kier molecular flexibility index (Phi) is 2.11. The van der Waals surface area contributed by atoms with Gasteiger partial charge in [-0.15, -0.1) is 0 Å². The third-order valence-corrected chi connectivity index (χ3v) is 1.63. The summed E-state index contributed by atoms with van der Waals surface area (Å²) in [6, 6.07) is 0. The number of hydrogen-bond donors (Lipinski definition) is 0. The van der Waals surface area contributed by atoms with Gasteiger partial charge in [-0.3, -0.25) is 0 Å². The average Bonchev–Trinajstić information content (AvgIpc) is 1.90. The van der Waals surface area contributed by atoms with Crippen LogP contribution >= 0.6 is 0 Å². The number of rotatable bonds is 1. The van der Waals surface area contributed by atoms with E-state index in [0.29, 0.717) is 0 Å². The summed E-state index contributed by atoms with van der Waals surface area (Å²) >= 11 is 0. The van der Waals surface area contributed by atoms with Gasteiger partial charge in [-0.1, -0.05) is 0 Å². The molecule has 0 bridgehead atoms. The third-order valence-electron chi connectivity index (χ3n) is 1.63. The Morgan fingerprint density at radius 1 is 1.67 bits per heavy atom. The minimum absolute atomic E-state index is 1.03. The summed E-state index contributed by atoms with van der Waals surface area (Å²) in [7, 11) is 3.85. The van der Waals surface area contributed by atoms with Crippen molar-refractivity contribution >= 4 is 0 Å². The summed E-state index contributed by atoms with van der Waals surface area (Å²) in [4.78, 5) is 2.27. The molecule has 0 radical (unpaired) electrons. The van der Waals surface area contributed by atoms with Crippen molar-refractivity contribution in [3.63, 3.8) is 0 Å². The molecule has 0 atom stereocenters. The smallest absolute Gasteiger partial charge is 0.0941 e. The largest absolute Gasteiger partial charge is 0.501 e. The van der Waals surface area contributed by atoms with E-state index in [-0.39, 0.29) is 0 Å². The van der Waals surface area contributed by atoms with E-state index in [1.54, 1.807) is 7.11 Å². The van der Waals surface area contributed by atoms with Crippen molar-refractivity contribution < 1.29 is 4.74 Å². The number of methoxy groups -OCH3 is 1. The molecule has 1 rings (SSSR count). The summed E-state index contributed by atoms with van der Waals surface area (Å²) in [6.07, 6.45) is 3.19. The van der Waals surface area contributed by atoms with Gasteiger partial charge in [-0.25, -0.2) is 0 Å². The van der Waals surface area contributed by atoms with Gasteiger partial charge in [0.25, 0.3) is 0 Å². The topological polar surface area (TPSA) is 12.5 Å². The summed E-state index contributed by atoms with van der Waals surface area (Å²) in [5.74, 6) is 1.13. The fraction of sp³-hybridized carbons (Fsp3) is 0.714. The first-order valence-corrected chi connectivity index (χ1v) is 3.24. The molecule has 0 aromatic carbocycles. The lowest BCUT2D eigenvalue weighted by molar-refractivity contribution is 0.237. The first-order valence-electron chi connectivity index (χ1n) is 3.24. The van der Waals surface area contributed by atoms with Crippen molar-refractivity contribution in [3.8, 4) is 0 Å². The van der Waals surface area contributed by atoms with Crippen LogP contribution in [0.2, 0.25) is 0 Å². The summed E-state index contributed by atoms with van der Waals surface area (Å²) in [6.45, 7) is 2.16. The van der Waals surface area contributed by atoms with E-state index in [2.05, 4.69) is 18.0 Å². The lowest BCUT2D eigenvalue weighted by Crippen LogP contribution is -2.24. The van der Waals surface area contributed by atoms with Gasteiger partial charge in [-0.2, -0.15) is 0 Å². The fourth-order valence-corrected chi connectivity index (χ4v) is 0.937.